The molecule has 19 heavy (non-hydrogen) atoms. The van der Waals surface area contributed by atoms with E-state index in [0.29, 0.717) is 12.1 Å². The molecule has 2 aromatic rings. The van der Waals surface area contributed by atoms with Crippen molar-refractivity contribution < 1.29 is 9.31 Å². The molecule has 98 valence electrons. The van der Waals surface area contributed by atoms with Crippen molar-refractivity contribution in [1.29, 1.82) is 0 Å². The van der Waals surface area contributed by atoms with E-state index in [4.69, 9.17) is 0 Å². The van der Waals surface area contributed by atoms with E-state index in [0.717, 1.165) is 6.20 Å². The highest BCUT2D eigenvalue weighted by atomic mass is 19.1. The first-order chi connectivity index (χ1) is 9.11. The number of rotatable bonds is 4. The van der Waals surface area contributed by atoms with E-state index in [1.165, 1.54) is 18.2 Å². The quantitative estimate of drug-likeness (QED) is 0.676. The minimum absolute atomic E-state index is 0.0367. The highest BCUT2D eigenvalue weighted by molar-refractivity contribution is 5.63. The second-order valence-corrected chi connectivity index (χ2v) is 3.73. The Hall–Kier alpha value is -2.57. The molecule has 0 bridgehead atoms. The summed E-state index contributed by atoms with van der Waals surface area (Å²) in [6.07, 6.45) is 1.04. The fourth-order valence-corrected chi connectivity index (χ4v) is 1.58. The van der Waals surface area contributed by atoms with E-state index >= 15 is 0 Å². The molecule has 2 rings (SSSR count). The number of non-ortho nitro benzene ring substituents is 1. The van der Waals surface area contributed by atoms with E-state index in [9.17, 15) is 14.5 Å². The predicted octanol–water partition coefficient (Wildman–Crippen LogP) is 2.62. The smallest absolute Gasteiger partial charge is 0.270 e. The third-order valence-electron chi connectivity index (χ3n) is 2.41. The molecule has 0 unspecified atom stereocenters. The van der Waals surface area contributed by atoms with E-state index in [2.05, 4.69) is 15.3 Å². The van der Waals surface area contributed by atoms with Crippen LogP contribution in [-0.4, -0.2) is 21.4 Å². The molecular formula is C12H11FN4O2. The van der Waals surface area contributed by atoms with Gasteiger partial charge in [0.05, 0.1) is 11.1 Å². The molecule has 0 fully saturated rings. The molecule has 1 heterocycles. The van der Waals surface area contributed by atoms with Crippen molar-refractivity contribution in [3.63, 3.8) is 0 Å². The lowest BCUT2D eigenvalue weighted by Gasteiger charge is -2.05. The van der Waals surface area contributed by atoms with Gasteiger partial charge in [-0.2, -0.15) is 0 Å². The average molecular weight is 262 g/mol. The first-order valence-electron chi connectivity index (χ1n) is 5.63. The van der Waals surface area contributed by atoms with Crippen LogP contribution in [-0.2, 0) is 0 Å². The Morgan fingerprint density at radius 3 is 2.95 bits per heavy atom. The summed E-state index contributed by atoms with van der Waals surface area (Å²) in [5.74, 6) is -0.340. The number of benzene rings is 1. The van der Waals surface area contributed by atoms with Gasteiger partial charge in [0.1, 0.15) is 5.69 Å². The molecule has 0 atom stereocenters. The number of hydrogen-bond donors (Lipinski definition) is 1. The van der Waals surface area contributed by atoms with Crippen LogP contribution in [0.2, 0.25) is 0 Å². The minimum atomic E-state index is -0.623. The van der Waals surface area contributed by atoms with Crippen molar-refractivity contribution in [1.82, 2.24) is 9.97 Å². The van der Waals surface area contributed by atoms with Crippen LogP contribution in [0.15, 0.2) is 30.5 Å². The van der Waals surface area contributed by atoms with E-state index in [1.807, 2.05) is 6.92 Å². The molecule has 0 aliphatic carbocycles. The Morgan fingerprint density at radius 1 is 1.47 bits per heavy atom. The van der Waals surface area contributed by atoms with Crippen molar-refractivity contribution in [3.8, 4) is 11.3 Å². The van der Waals surface area contributed by atoms with Crippen molar-refractivity contribution in [2.24, 2.45) is 0 Å². The lowest BCUT2D eigenvalue weighted by atomic mass is 10.1. The van der Waals surface area contributed by atoms with Gasteiger partial charge in [0.15, 0.2) is 5.82 Å². The highest BCUT2D eigenvalue weighted by Gasteiger charge is 2.13. The fraction of sp³-hybridized carbons (Fsp3) is 0.167. The topological polar surface area (TPSA) is 81.0 Å². The second-order valence-electron chi connectivity index (χ2n) is 3.73. The Morgan fingerprint density at radius 2 is 2.26 bits per heavy atom. The molecular weight excluding hydrogens is 251 g/mol. The normalized spacial score (nSPS) is 10.2. The maximum Gasteiger partial charge on any atom is 0.270 e. The van der Waals surface area contributed by atoms with Gasteiger partial charge in [0.25, 0.3) is 5.69 Å². The molecule has 0 spiro atoms. The number of nitrogens with zero attached hydrogens (tertiary/aromatic N) is 3. The Balaban J connectivity index is 2.48. The third kappa shape index (κ3) is 2.82. The van der Waals surface area contributed by atoms with Crippen LogP contribution < -0.4 is 5.32 Å². The Kier molecular flexibility index (Phi) is 3.65. The van der Waals surface area contributed by atoms with Crippen LogP contribution in [0.5, 0.6) is 0 Å². The molecule has 0 aliphatic rings. The summed E-state index contributed by atoms with van der Waals surface area (Å²) in [6.45, 7) is 2.46. The van der Waals surface area contributed by atoms with Gasteiger partial charge in [-0.3, -0.25) is 10.1 Å². The van der Waals surface area contributed by atoms with Gasteiger partial charge >= 0.3 is 0 Å². The monoisotopic (exact) mass is 262 g/mol. The first kappa shape index (κ1) is 12.9. The number of hydrogen-bond acceptors (Lipinski definition) is 5. The van der Waals surface area contributed by atoms with Crippen LogP contribution >= 0.6 is 0 Å². The molecule has 0 saturated heterocycles. The maximum absolute atomic E-state index is 13.7. The van der Waals surface area contributed by atoms with E-state index in [-0.39, 0.29) is 17.3 Å². The van der Waals surface area contributed by atoms with Gasteiger partial charge in [-0.1, -0.05) is 12.1 Å². The zero-order chi connectivity index (χ0) is 13.8. The zero-order valence-corrected chi connectivity index (χ0v) is 10.1. The molecule has 1 aromatic heterocycles. The van der Waals surface area contributed by atoms with Gasteiger partial charge in [-0.05, 0) is 6.92 Å². The SMILES string of the molecule is CCNc1ncc(F)c(-c2cccc([N+](=O)[O-])c2)n1. The van der Waals surface area contributed by atoms with Crippen LogP contribution in [0.25, 0.3) is 11.3 Å². The average Bonchev–Trinajstić information content (AvgIpc) is 2.41. The van der Waals surface area contributed by atoms with Crippen molar-refractivity contribution >= 4 is 11.6 Å². The number of halogens is 1. The van der Waals surface area contributed by atoms with E-state index < -0.39 is 10.7 Å². The summed E-state index contributed by atoms with van der Waals surface area (Å²) in [5, 5.41) is 13.6. The summed E-state index contributed by atoms with van der Waals surface area (Å²) < 4.78 is 13.7. The molecule has 0 amide bonds. The molecule has 6 nitrogen and oxygen atoms in total. The number of nitro groups is 1. The largest absolute Gasteiger partial charge is 0.354 e. The summed E-state index contributed by atoms with van der Waals surface area (Å²) >= 11 is 0. The minimum Gasteiger partial charge on any atom is -0.354 e. The number of anilines is 1. The maximum atomic E-state index is 13.7. The summed E-state index contributed by atoms with van der Waals surface area (Å²) in [6, 6.07) is 5.67. The van der Waals surface area contributed by atoms with Crippen molar-refractivity contribution in [2.45, 2.75) is 6.92 Å². The highest BCUT2D eigenvalue weighted by Crippen LogP contribution is 2.24. The summed E-state index contributed by atoms with van der Waals surface area (Å²) in [7, 11) is 0. The van der Waals surface area contributed by atoms with Crippen LogP contribution in [0.1, 0.15) is 6.92 Å². The molecule has 0 radical (unpaired) electrons. The van der Waals surface area contributed by atoms with Gasteiger partial charge < -0.3 is 5.32 Å². The van der Waals surface area contributed by atoms with Gasteiger partial charge in [-0.25, -0.2) is 14.4 Å². The standard InChI is InChI=1S/C12H11FN4O2/c1-2-14-12-15-7-10(13)11(16-12)8-4-3-5-9(6-8)17(18)19/h3-7H,2H2,1H3,(H,14,15,16). The van der Waals surface area contributed by atoms with Crippen molar-refractivity contribution in [2.75, 3.05) is 11.9 Å². The lowest BCUT2D eigenvalue weighted by molar-refractivity contribution is -0.384. The molecule has 0 aliphatic heterocycles. The third-order valence-corrected chi connectivity index (χ3v) is 2.41. The second kappa shape index (κ2) is 5.38. The van der Waals surface area contributed by atoms with Crippen LogP contribution in [0.4, 0.5) is 16.0 Å². The van der Waals surface area contributed by atoms with Crippen LogP contribution in [0.3, 0.4) is 0 Å². The number of aromatic nitrogens is 2. The number of nitrogens with one attached hydrogen (secondary N) is 1. The number of nitro benzene ring substituents is 1. The fourth-order valence-electron chi connectivity index (χ4n) is 1.58. The zero-order valence-electron chi connectivity index (χ0n) is 10.1. The van der Waals surface area contributed by atoms with Gasteiger partial charge in [-0.15, -0.1) is 0 Å². The van der Waals surface area contributed by atoms with Crippen LogP contribution in [0, 0.1) is 15.9 Å². The van der Waals surface area contributed by atoms with Gasteiger partial charge in [0.2, 0.25) is 5.95 Å². The Labute approximate surface area is 108 Å². The predicted molar refractivity (Wildman–Crippen MR) is 68.2 cm³/mol. The van der Waals surface area contributed by atoms with Crippen molar-refractivity contribution in [3.05, 3.63) is 46.4 Å². The molecule has 1 N–H and O–H groups in total. The molecule has 0 saturated carbocycles. The van der Waals surface area contributed by atoms with E-state index in [1.54, 1.807) is 6.07 Å². The lowest BCUT2D eigenvalue weighted by Crippen LogP contribution is -2.04. The Bertz CT molecular complexity index is 618. The van der Waals surface area contributed by atoms with Gasteiger partial charge in [0, 0.05) is 24.2 Å². The molecule has 1 aromatic carbocycles. The first-order valence-corrected chi connectivity index (χ1v) is 5.63. The molecule has 7 heteroatoms. The summed E-state index contributed by atoms with van der Waals surface area (Å²) in [5.41, 5.74) is 0.267. The summed E-state index contributed by atoms with van der Waals surface area (Å²) in [4.78, 5) is 18.0.